The number of benzene rings is 1. The van der Waals surface area contributed by atoms with Crippen LogP contribution in [0.15, 0.2) is 18.2 Å². The van der Waals surface area contributed by atoms with Gasteiger partial charge in [-0.1, -0.05) is 0 Å². The molecule has 1 fully saturated rings. The van der Waals surface area contributed by atoms with E-state index < -0.39 is 0 Å². The van der Waals surface area contributed by atoms with E-state index in [1.807, 2.05) is 12.1 Å². The summed E-state index contributed by atoms with van der Waals surface area (Å²) in [7, 11) is 3.18. The Morgan fingerprint density at radius 1 is 1.29 bits per heavy atom. The molecule has 0 bridgehead atoms. The lowest BCUT2D eigenvalue weighted by atomic mass is 9.82. The number of quaternary nitrogens is 1. The van der Waals surface area contributed by atoms with E-state index in [9.17, 15) is 4.79 Å². The summed E-state index contributed by atoms with van der Waals surface area (Å²) in [6.45, 7) is 2.22. The zero-order valence-corrected chi connectivity index (χ0v) is 14.8. The third kappa shape index (κ3) is 2.56. The Bertz CT molecular complexity index is 758. The van der Waals surface area contributed by atoms with Crippen LogP contribution in [0.25, 0.3) is 10.9 Å². The minimum absolute atomic E-state index is 0. The normalized spacial score (nSPS) is 25.3. The molecule has 1 aromatic carbocycles. The number of esters is 1. The van der Waals surface area contributed by atoms with Crippen molar-refractivity contribution in [3.05, 3.63) is 29.5 Å². The summed E-state index contributed by atoms with van der Waals surface area (Å²) in [5.74, 6) is 0.738. The number of aromatic nitrogens is 1. The molecule has 3 heterocycles. The highest BCUT2D eigenvalue weighted by Crippen LogP contribution is 2.36. The number of hydrogen-bond acceptors (Lipinski definition) is 3. The third-order valence-corrected chi connectivity index (χ3v) is 5.51. The number of piperidine rings is 1. The summed E-state index contributed by atoms with van der Waals surface area (Å²) in [5, 5.41) is 1.26. The van der Waals surface area contributed by atoms with E-state index in [1.54, 1.807) is 7.11 Å². The van der Waals surface area contributed by atoms with Crippen LogP contribution in [0.1, 0.15) is 30.1 Å². The van der Waals surface area contributed by atoms with Crippen LogP contribution in [-0.4, -0.2) is 38.3 Å². The fourth-order valence-corrected chi connectivity index (χ4v) is 4.45. The van der Waals surface area contributed by atoms with E-state index in [0.717, 1.165) is 43.6 Å². The number of methoxy groups -OCH3 is 2. The highest BCUT2D eigenvalue weighted by atomic mass is 35.5. The molecule has 3 atom stereocenters. The van der Waals surface area contributed by atoms with Crippen LogP contribution in [0, 0.1) is 5.92 Å². The molecule has 0 saturated carbocycles. The summed E-state index contributed by atoms with van der Waals surface area (Å²) >= 11 is 0. The first kappa shape index (κ1) is 17.1. The molecule has 2 aliphatic rings. The van der Waals surface area contributed by atoms with Gasteiger partial charge in [-0.3, -0.25) is 4.79 Å². The minimum atomic E-state index is -0.0729. The Labute approximate surface area is 147 Å². The second-order valence-corrected chi connectivity index (χ2v) is 6.59. The quantitative estimate of drug-likeness (QED) is 0.631. The number of nitrogens with one attached hydrogen (secondary N) is 2. The van der Waals surface area contributed by atoms with Gasteiger partial charge in [0.2, 0.25) is 0 Å². The van der Waals surface area contributed by atoms with Gasteiger partial charge in [0.05, 0.1) is 33.0 Å². The van der Waals surface area contributed by atoms with Gasteiger partial charge in [0.25, 0.3) is 0 Å². The molecule has 24 heavy (non-hydrogen) atoms. The largest absolute Gasteiger partial charge is 1.00 e. The highest BCUT2D eigenvalue weighted by Gasteiger charge is 2.45. The number of hydrogen-bond donors (Lipinski definition) is 2. The predicted octanol–water partition coefficient (Wildman–Crippen LogP) is -1.75. The summed E-state index contributed by atoms with van der Waals surface area (Å²) in [6, 6.07) is 6.38. The van der Waals surface area contributed by atoms with Gasteiger partial charge in [0.15, 0.2) is 0 Å². The van der Waals surface area contributed by atoms with Crippen LogP contribution in [0.4, 0.5) is 0 Å². The van der Waals surface area contributed by atoms with Crippen molar-refractivity contribution in [2.45, 2.75) is 25.3 Å². The molecule has 5 nitrogen and oxygen atoms in total. The molecular formula is C18H23ClN2O3. The Balaban J connectivity index is 0.00000169. The maximum atomic E-state index is 12.3. The van der Waals surface area contributed by atoms with Gasteiger partial charge >= 0.3 is 5.97 Å². The first-order valence-corrected chi connectivity index (χ1v) is 8.34. The molecule has 0 spiro atoms. The lowest BCUT2D eigenvalue weighted by Crippen LogP contribution is -3.15. The Kier molecular flexibility index (Phi) is 4.74. The number of aromatic amines is 1. The van der Waals surface area contributed by atoms with Crippen molar-refractivity contribution in [3.8, 4) is 5.75 Å². The summed E-state index contributed by atoms with van der Waals surface area (Å²) in [5.41, 5.74) is 3.70. The smallest absolute Gasteiger partial charge is 0.315 e. The van der Waals surface area contributed by atoms with Crippen LogP contribution in [0.3, 0.4) is 0 Å². The summed E-state index contributed by atoms with van der Waals surface area (Å²) in [6.07, 6.45) is 3.06. The lowest BCUT2D eigenvalue weighted by molar-refractivity contribution is -0.942. The minimum Gasteiger partial charge on any atom is -1.00 e. The molecule has 1 saturated heterocycles. The third-order valence-electron chi connectivity index (χ3n) is 5.51. The fraction of sp³-hybridized carbons (Fsp3) is 0.500. The van der Waals surface area contributed by atoms with Gasteiger partial charge in [0.1, 0.15) is 17.7 Å². The number of carbonyl (C=O) groups excluding carboxylic acids is 1. The predicted molar refractivity (Wildman–Crippen MR) is 86.7 cm³/mol. The van der Waals surface area contributed by atoms with Gasteiger partial charge in [0, 0.05) is 23.4 Å². The van der Waals surface area contributed by atoms with Crippen molar-refractivity contribution >= 4 is 16.9 Å². The van der Waals surface area contributed by atoms with Gasteiger partial charge < -0.3 is 31.8 Å². The fourth-order valence-electron chi connectivity index (χ4n) is 4.45. The van der Waals surface area contributed by atoms with E-state index in [-0.39, 0.29) is 30.3 Å². The number of carbonyl (C=O) groups is 1. The van der Waals surface area contributed by atoms with Crippen molar-refractivity contribution in [1.82, 2.24) is 4.98 Å². The second-order valence-electron chi connectivity index (χ2n) is 6.59. The van der Waals surface area contributed by atoms with Crippen LogP contribution in [0.5, 0.6) is 5.75 Å². The maximum Gasteiger partial charge on any atom is 0.315 e. The second kappa shape index (κ2) is 6.65. The van der Waals surface area contributed by atoms with Crippen molar-refractivity contribution in [3.63, 3.8) is 0 Å². The van der Waals surface area contributed by atoms with Crippen molar-refractivity contribution in [1.29, 1.82) is 0 Å². The average molecular weight is 351 g/mol. The van der Waals surface area contributed by atoms with Crippen molar-refractivity contribution in [2.75, 3.05) is 27.3 Å². The van der Waals surface area contributed by atoms with Crippen molar-refractivity contribution in [2.24, 2.45) is 5.92 Å². The molecular weight excluding hydrogens is 328 g/mol. The first-order valence-electron chi connectivity index (χ1n) is 8.34. The molecule has 1 aromatic heterocycles. The zero-order valence-electron chi connectivity index (χ0n) is 14.0. The highest BCUT2D eigenvalue weighted by molar-refractivity contribution is 5.86. The average Bonchev–Trinajstić information content (AvgIpc) is 2.98. The molecule has 0 aliphatic carbocycles. The standard InChI is InChI=1S/C18H22N2O3.ClH/c1-22-11-5-6-12-13-7-9-20-8-3-4-14(18(21)23-2)17(20)16(13)19-15(12)10-11;/h5-6,10,14,17,19H,3-4,7-9H2,1-2H3;1H/t14?,17-;/m1./s1. The number of halogens is 1. The van der Waals surface area contributed by atoms with Crippen LogP contribution in [-0.2, 0) is 16.0 Å². The first-order chi connectivity index (χ1) is 11.2. The molecule has 6 heteroatoms. The maximum absolute atomic E-state index is 12.3. The summed E-state index contributed by atoms with van der Waals surface area (Å²) in [4.78, 5) is 17.4. The lowest BCUT2D eigenvalue weighted by Gasteiger charge is -2.39. The topological polar surface area (TPSA) is 55.8 Å². The molecule has 0 radical (unpaired) electrons. The van der Waals surface area contributed by atoms with Gasteiger partial charge in [-0.15, -0.1) is 0 Å². The van der Waals surface area contributed by atoms with E-state index in [4.69, 9.17) is 9.47 Å². The zero-order chi connectivity index (χ0) is 16.0. The monoisotopic (exact) mass is 350 g/mol. The van der Waals surface area contributed by atoms with Crippen LogP contribution >= 0.6 is 0 Å². The number of H-pyrrole nitrogens is 1. The van der Waals surface area contributed by atoms with E-state index in [1.165, 1.54) is 28.7 Å². The van der Waals surface area contributed by atoms with Gasteiger partial charge in [-0.05, 0) is 30.5 Å². The number of ether oxygens (including phenoxy) is 2. The summed E-state index contributed by atoms with van der Waals surface area (Å²) < 4.78 is 10.4. The number of fused-ring (bicyclic) bond motifs is 5. The molecule has 2 N–H and O–H groups in total. The van der Waals surface area contributed by atoms with Crippen LogP contribution < -0.4 is 22.0 Å². The van der Waals surface area contributed by atoms with Gasteiger partial charge in [-0.25, -0.2) is 0 Å². The van der Waals surface area contributed by atoms with Crippen molar-refractivity contribution < 1.29 is 31.6 Å². The van der Waals surface area contributed by atoms with E-state index >= 15 is 0 Å². The van der Waals surface area contributed by atoms with Crippen LogP contribution in [0.2, 0.25) is 0 Å². The molecule has 0 amide bonds. The molecule has 2 aromatic rings. The molecule has 4 rings (SSSR count). The Morgan fingerprint density at radius 3 is 2.88 bits per heavy atom. The molecule has 130 valence electrons. The van der Waals surface area contributed by atoms with E-state index in [0.29, 0.717) is 0 Å². The SMILES string of the molecule is COC(=O)C1CCC[NH+]2CCc3c([nH]c4cc(OC)ccc34)[C@@H]12.[Cl-]. The number of rotatable bonds is 2. The molecule has 2 unspecified atom stereocenters. The molecule has 2 aliphatic heterocycles. The Hall–Kier alpha value is -1.72. The van der Waals surface area contributed by atoms with Gasteiger partial charge in [-0.2, -0.15) is 0 Å². The van der Waals surface area contributed by atoms with E-state index in [2.05, 4.69) is 11.1 Å². The Morgan fingerprint density at radius 2 is 2.12 bits per heavy atom.